The topological polar surface area (TPSA) is 90.2 Å². The van der Waals surface area contributed by atoms with Gasteiger partial charge in [0.05, 0.1) is 26.4 Å². The van der Waals surface area contributed by atoms with Crippen LogP contribution in [0.15, 0.2) is 0 Å². The Morgan fingerprint density at radius 3 is 1.76 bits per heavy atom. The molecule has 5 heteroatoms. The molecule has 0 spiro atoms. The average molecular weight is 252 g/mol. The van der Waals surface area contributed by atoms with Crippen LogP contribution in [-0.4, -0.2) is 60.1 Å². The molecule has 0 aromatic heterocycles. The molecule has 1 atom stereocenters. The highest BCUT2D eigenvalue weighted by Gasteiger charge is 2.19. The Bertz CT molecular complexity index is 146. The van der Waals surface area contributed by atoms with Gasteiger partial charge in [0.1, 0.15) is 0 Å². The molecule has 0 rings (SSSR count). The van der Waals surface area contributed by atoms with E-state index in [-0.39, 0.29) is 31.8 Å². The van der Waals surface area contributed by atoms with E-state index in [9.17, 15) is 0 Å². The summed E-state index contributed by atoms with van der Waals surface area (Å²) in [7, 11) is 0. The summed E-state index contributed by atoms with van der Waals surface area (Å²) in [6.45, 7) is 7.08. The third kappa shape index (κ3) is 15.8. The lowest BCUT2D eigenvalue weighted by atomic mass is 9.84. The Balaban J connectivity index is 0. The molecule has 4 N–H and O–H groups in total. The first-order chi connectivity index (χ1) is 7.93. The predicted octanol–water partition coefficient (Wildman–Crippen LogP) is 0.0110. The second-order valence-electron chi connectivity index (χ2n) is 4.87. The molecule has 0 fully saturated rings. The van der Waals surface area contributed by atoms with Crippen LogP contribution in [0.5, 0.6) is 0 Å². The molecule has 0 aromatic carbocycles. The van der Waals surface area contributed by atoms with E-state index < -0.39 is 0 Å². The van der Waals surface area contributed by atoms with Crippen molar-refractivity contribution in [3.05, 3.63) is 0 Å². The maximum absolute atomic E-state index is 8.86. The monoisotopic (exact) mass is 252 g/mol. The van der Waals surface area contributed by atoms with Gasteiger partial charge in [0.25, 0.3) is 0 Å². The van der Waals surface area contributed by atoms with E-state index in [4.69, 9.17) is 20.4 Å². The van der Waals surface area contributed by atoms with Crippen LogP contribution in [0.3, 0.4) is 0 Å². The van der Waals surface area contributed by atoms with Gasteiger partial charge in [-0.15, -0.1) is 0 Å². The zero-order chi connectivity index (χ0) is 13.7. The van der Waals surface area contributed by atoms with Gasteiger partial charge in [0, 0.05) is 13.2 Å². The van der Waals surface area contributed by atoms with Gasteiger partial charge in [0.15, 0.2) is 0 Å². The van der Waals surface area contributed by atoms with Crippen LogP contribution in [-0.2, 0) is 4.74 Å². The second kappa shape index (κ2) is 12.3. The van der Waals surface area contributed by atoms with E-state index >= 15 is 0 Å². The van der Waals surface area contributed by atoms with E-state index in [1.165, 1.54) is 0 Å². The van der Waals surface area contributed by atoms with Gasteiger partial charge < -0.3 is 25.2 Å². The lowest BCUT2D eigenvalue weighted by Gasteiger charge is -2.24. The van der Waals surface area contributed by atoms with Crippen molar-refractivity contribution in [3.8, 4) is 0 Å². The zero-order valence-corrected chi connectivity index (χ0v) is 11.2. The summed E-state index contributed by atoms with van der Waals surface area (Å²) < 4.78 is 4.63. The summed E-state index contributed by atoms with van der Waals surface area (Å²) in [5, 5.41) is 33.7. The van der Waals surface area contributed by atoms with Gasteiger partial charge in [-0.2, -0.15) is 0 Å². The maximum Gasteiger partial charge on any atom is 0.0698 e. The fourth-order valence-electron chi connectivity index (χ4n) is 1.30. The van der Waals surface area contributed by atoms with Gasteiger partial charge in [-0.1, -0.05) is 20.8 Å². The highest BCUT2D eigenvalue weighted by Crippen LogP contribution is 2.23. The van der Waals surface area contributed by atoms with Crippen molar-refractivity contribution in [2.24, 2.45) is 11.3 Å². The molecule has 0 aliphatic rings. The molecule has 1 unspecified atom stereocenters. The molecule has 0 aromatic rings. The van der Waals surface area contributed by atoms with Crippen molar-refractivity contribution in [2.75, 3.05) is 39.6 Å². The van der Waals surface area contributed by atoms with Crippen LogP contribution in [0.4, 0.5) is 0 Å². The number of aliphatic hydroxyl groups excluding tert-OH is 4. The first-order valence-corrected chi connectivity index (χ1v) is 5.94. The van der Waals surface area contributed by atoms with Crippen molar-refractivity contribution < 1.29 is 25.2 Å². The molecule has 106 valence electrons. The smallest absolute Gasteiger partial charge is 0.0698 e. The Morgan fingerprint density at radius 1 is 1.00 bits per heavy atom. The quantitative estimate of drug-likeness (QED) is 0.457. The highest BCUT2D eigenvalue weighted by atomic mass is 16.5. The molecule has 0 radical (unpaired) electrons. The largest absolute Gasteiger partial charge is 0.396 e. The molecular weight excluding hydrogens is 224 g/mol. The minimum Gasteiger partial charge on any atom is -0.396 e. The third-order valence-corrected chi connectivity index (χ3v) is 2.11. The number of hydrogen-bond acceptors (Lipinski definition) is 5. The van der Waals surface area contributed by atoms with Crippen LogP contribution in [0.1, 0.15) is 27.2 Å². The van der Waals surface area contributed by atoms with Crippen molar-refractivity contribution in [1.82, 2.24) is 0 Å². The van der Waals surface area contributed by atoms with Crippen LogP contribution in [0.25, 0.3) is 0 Å². The summed E-state index contributed by atoms with van der Waals surface area (Å²) in [5.41, 5.74) is -0.0395. The van der Waals surface area contributed by atoms with Gasteiger partial charge in [-0.25, -0.2) is 0 Å². The molecule has 0 aliphatic heterocycles. The van der Waals surface area contributed by atoms with Gasteiger partial charge in [-0.3, -0.25) is 0 Å². The van der Waals surface area contributed by atoms with Crippen LogP contribution >= 0.6 is 0 Å². The van der Waals surface area contributed by atoms with Crippen molar-refractivity contribution in [2.45, 2.75) is 27.2 Å². The SMILES string of the molecule is CC(CO)CC(C)(C)CO.OCCOCCO. The van der Waals surface area contributed by atoms with E-state index in [0.717, 1.165) is 6.42 Å². The summed E-state index contributed by atoms with van der Waals surface area (Å²) in [6, 6.07) is 0. The summed E-state index contributed by atoms with van der Waals surface area (Å²) in [6.07, 6.45) is 0.875. The predicted molar refractivity (Wildman–Crippen MR) is 66.7 cm³/mol. The first kappa shape index (κ1) is 19.1. The Morgan fingerprint density at radius 2 is 1.47 bits per heavy atom. The Hall–Kier alpha value is -0.200. The fourth-order valence-corrected chi connectivity index (χ4v) is 1.30. The highest BCUT2D eigenvalue weighted by molar-refractivity contribution is 4.69. The molecule has 0 bridgehead atoms. The van der Waals surface area contributed by atoms with Crippen molar-refractivity contribution >= 4 is 0 Å². The number of aliphatic hydroxyl groups is 4. The van der Waals surface area contributed by atoms with Crippen LogP contribution in [0, 0.1) is 11.3 Å². The van der Waals surface area contributed by atoms with E-state index in [1.807, 2.05) is 20.8 Å². The Labute approximate surface area is 104 Å². The van der Waals surface area contributed by atoms with E-state index in [2.05, 4.69) is 4.74 Å². The van der Waals surface area contributed by atoms with E-state index in [0.29, 0.717) is 19.1 Å². The molecular formula is C12H28O5. The van der Waals surface area contributed by atoms with Crippen molar-refractivity contribution in [3.63, 3.8) is 0 Å². The van der Waals surface area contributed by atoms with Gasteiger partial charge in [-0.05, 0) is 17.8 Å². The normalized spacial score (nSPS) is 12.9. The minimum atomic E-state index is -0.0395. The third-order valence-electron chi connectivity index (χ3n) is 2.11. The lowest BCUT2D eigenvalue weighted by Crippen LogP contribution is -2.21. The Kier molecular flexibility index (Phi) is 13.8. The van der Waals surface area contributed by atoms with E-state index in [1.54, 1.807) is 0 Å². The number of ether oxygens (including phenoxy) is 1. The molecule has 17 heavy (non-hydrogen) atoms. The number of hydrogen-bond donors (Lipinski definition) is 4. The number of rotatable bonds is 8. The fraction of sp³-hybridized carbons (Fsp3) is 1.00. The second-order valence-corrected chi connectivity index (χ2v) is 4.87. The molecule has 0 amide bonds. The minimum absolute atomic E-state index is 0.0278. The average Bonchev–Trinajstić information content (AvgIpc) is 2.30. The lowest BCUT2D eigenvalue weighted by molar-refractivity contribution is 0.0650. The zero-order valence-electron chi connectivity index (χ0n) is 11.2. The van der Waals surface area contributed by atoms with Crippen LogP contribution in [0.2, 0.25) is 0 Å². The van der Waals surface area contributed by atoms with Crippen molar-refractivity contribution in [1.29, 1.82) is 0 Å². The first-order valence-electron chi connectivity index (χ1n) is 5.94. The summed E-state index contributed by atoms with van der Waals surface area (Å²) >= 11 is 0. The van der Waals surface area contributed by atoms with Crippen LogP contribution < -0.4 is 0 Å². The molecule has 0 saturated heterocycles. The van der Waals surface area contributed by atoms with Gasteiger partial charge in [0.2, 0.25) is 0 Å². The molecule has 0 saturated carbocycles. The van der Waals surface area contributed by atoms with Gasteiger partial charge >= 0.3 is 0 Å². The molecule has 0 heterocycles. The summed E-state index contributed by atoms with van der Waals surface area (Å²) in [4.78, 5) is 0. The summed E-state index contributed by atoms with van der Waals surface area (Å²) in [5.74, 6) is 0.294. The molecule has 0 aliphatic carbocycles. The standard InChI is InChI=1S/C8H18O2.C4H10O3/c1-7(5-9)4-8(2,3)6-10;5-1-3-7-4-2-6/h7,9-10H,4-6H2,1-3H3;5-6H,1-4H2. The maximum atomic E-state index is 8.86. The molecule has 5 nitrogen and oxygen atoms in total.